The molecule has 0 radical (unpaired) electrons. The predicted octanol–water partition coefficient (Wildman–Crippen LogP) is 6.02. The third kappa shape index (κ3) is 3.76. The van der Waals surface area contributed by atoms with Gasteiger partial charge in [0.2, 0.25) is 0 Å². The summed E-state index contributed by atoms with van der Waals surface area (Å²) in [6.07, 6.45) is 3.68. The van der Waals surface area contributed by atoms with Gasteiger partial charge in [-0.25, -0.2) is 14.8 Å². The number of anilines is 1. The van der Waals surface area contributed by atoms with Gasteiger partial charge in [-0.2, -0.15) is 0 Å². The van der Waals surface area contributed by atoms with Gasteiger partial charge >= 0.3 is 5.97 Å². The van der Waals surface area contributed by atoms with E-state index in [1.807, 2.05) is 61.7 Å². The molecule has 0 aliphatic heterocycles. The second kappa shape index (κ2) is 8.37. The summed E-state index contributed by atoms with van der Waals surface area (Å²) < 4.78 is 0.998. The zero-order valence-electron chi connectivity index (χ0n) is 17.1. The van der Waals surface area contributed by atoms with Crippen LogP contribution in [0.3, 0.4) is 0 Å². The Balaban J connectivity index is 1.56. The van der Waals surface area contributed by atoms with Crippen LogP contribution in [0.1, 0.15) is 10.4 Å². The van der Waals surface area contributed by atoms with Gasteiger partial charge in [0, 0.05) is 38.4 Å². The summed E-state index contributed by atoms with van der Waals surface area (Å²) in [6.45, 7) is 2.05. The summed E-state index contributed by atoms with van der Waals surface area (Å²) in [7, 11) is 0. The number of halogens is 1. The lowest BCUT2D eigenvalue weighted by atomic mass is 10.0. The zero-order valence-corrected chi connectivity index (χ0v) is 19.5. The first-order valence-electron chi connectivity index (χ1n) is 10.1. The Labute approximate surface area is 196 Å². The number of benzene rings is 2. The van der Waals surface area contributed by atoms with Gasteiger partial charge in [0.1, 0.15) is 23.0 Å². The van der Waals surface area contributed by atoms with E-state index in [9.17, 15) is 9.90 Å². The lowest BCUT2D eigenvalue weighted by molar-refractivity contribution is -0.137. The highest BCUT2D eigenvalue weighted by Crippen LogP contribution is 2.40. The first kappa shape index (κ1) is 20.7. The number of aliphatic carboxylic acids is 1. The van der Waals surface area contributed by atoms with E-state index in [2.05, 4.69) is 36.2 Å². The Bertz CT molecular complexity index is 1440. The van der Waals surface area contributed by atoms with Crippen molar-refractivity contribution in [1.29, 1.82) is 0 Å². The smallest absolute Gasteiger partial charge is 0.326 e. The Morgan fingerprint density at radius 1 is 1.19 bits per heavy atom. The molecule has 2 aromatic carbocycles. The molecule has 5 aromatic rings. The fourth-order valence-electron chi connectivity index (χ4n) is 4.00. The molecule has 3 heterocycles. The maximum atomic E-state index is 12.2. The summed E-state index contributed by atoms with van der Waals surface area (Å²) in [5, 5.41) is 15.0. The molecule has 3 N–H and O–H groups in total. The maximum absolute atomic E-state index is 12.2. The molecule has 3 aromatic heterocycles. The number of fused-ring (bicyclic) bond motifs is 2. The highest BCUT2D eigenvalue weighted by molar-refractivity contribution is 9.10. The van der Waals surface area contributed by atoms with Crippen LogP contribution in [-0.2, 0) is 11.2 Å². The van der Waals surface area contributed by atoms with Crippen molar-refractivity contribution in [2.45, 2.75) is 19.4 Å². The van der Waals surface area contributed by atoms with Gasteiger partial charge in [-0.3, -0.25) is 0 Å². The number of carboxylic acid groups (broad SMARTS) is 1. The van der Waals surface area contributed by atoms with Crippen molar-refractivity contribution >= 4 is 60.2 Å². The minimum atomic E-state index is -0.931. The summed E-state index contributed by atoms with van der Waals surface area (Å²) in [5.41, 5.74) is 4.00. The van der Waals surface area contributed by atoms with Gasteiger partial charge in [-0.1, -0.05) is 46.3 Å². The van der Waals surface area contributed by atoms with E-state index in [1.54, 1.807) is 11.3 Å². The number of thiophene rings is 1. The zero-order chi connectivity index (χ0) is 22.2. The first-order chi connectivity index (χ1) is 15.5. The molecule has 0 saturated heterocycles. The van der Waals surface area contributed by atoms with Crippen LogP contribution in [0.4, 0.5) is 5.82 Å². The normalized spacial score (nSPS) is 12.3. The Morgan fingerprint density at radius 3 is 2.75 bits per heavy atom. The van der Waals surface area contributed by atoms with E-state index >= 15 is 0 Å². The number of nitrogens with zero attached hydrogens (tertiary/aromatic N) is 2. The van der Waals surface area contributed by atoms with Crippen LogP contribution < -0.4 is 5.32 Å². The summed E-state index contributed by atoms with van der Waals surface area (Å²) >= 11 is 5.06. The van der Waals surface area contributed by atoms with Crippen molar-refractivity contribution in [2.24, 2.45) is 0 Å². The average Bonchev–Trinajstić information content (AvgIpc) is 3.34. The van der Waals surface area contributed by atoms with Gasteiger partial charge in [-0.05, 0) is 36.2 Å². The fourth-order valence-corrected chi connectivity index (χ4v) is 5.28. The molecule has 0 saturated carbocycles. The molecule has 1 atom stereocenters. The number of hydrogen-bond donors (Lipinski definition) is 3. The molecule has 160 valence electrons. The van der Waals surface area contributed by atoms with Crippen LogP contribution in [-0.4, -0.2) is 32.1 Å². The number of aromatic amines is 1. The SMILES string of the molecule is Cc1sc2ncnc(NC(Cc3c[nH]c4ccccc34)C(=O)O)c2c1-c1ccc(Br)cc1. The van der Waals surface area contributed by atoms with E-state index in [0.29, 0.717) is 12.2 Å². The number of carboxylic acids is 1. The van der Waals surface area contributed by atoms with Crippen LogP contribution in [0.25, 0.3) is 32.2 Å². The van der Waals surface area contributed by atoms with E-state index < -0.39 is 12.0 Å². The number of rotatable bonds is 6. The highest BCUT2D eigenvalue weighted by atomic mass is 79.9. The lowest BCUT2D eigenvalue weighted by Crippen LogP contribution is -2.32. The van der Waals surface area contributed by atoms with Crippen LogP contribution in [0.2, 0.25) is 0 Å². The molecule has 0 amide bonds. The van der Waals surface area contributed by atoms with Gasteiger partial charge in [0.05, 0.1) is 5.39 Å². The number of nitrogens with one attached hydrogen (secondary N) is 2. The largest absolute Gasteiger partial charge is 0.480 e. The van der Waals surface area contributed by atoms with Gasteiger partial charge in [0.15, 0.2) is 0 Å². The molecule has 8 heteroatoms. The lowest BCUT2D eigenvalue weighted by Gasteiger charge is -2.16. The molecule has 0 fully saturated rings. The van der Waals surface area contributed by atoms with Crippen LogP contribution in [0.5, 0.6) is 0 Å². The highest BCUT2D eigenvalue weighted by Gasteiger charge is 2.23. The van der Waals surface area contributed by atoms with Crippen molar-refractivity contribution in [3.63, 3.8) is 0 Å². The van der Waals surface area contributed by atoms with Gasteiger partial charge < -0.3 is 15.4 Å². The number of para-hydroxylation sites is 1. The quantitative estimate of drug-likeness (QED) is 0.262. The number of aromatic nitrogens is 3. The van der Waals surface area contributed by atoms with E-state index in [-0.39, 0.29) is 0 Å². The topological polar surface area (TPSA) is 90.9 Å². The molecule has 5 rings (SSSR count). The van der Waals surface area contributed by atoms with E-state index in [4.69, 9.17) is 0 Å². The molecular weight excluding hydrogens is 488 g/mol. The monoisotopic (exact) mass is 506 g/mol. The molecule has 0 aliphatic carbocycles. The van der Waals surface area contributed by atoms with Gasteiger partial charge in [0.25, 0.3) is 0 Å². The molecule has 6 nitrogen and oxygen atoms in total. The van der Waals surface area contributed by atoms with Crippen LogP contribution >= 0.6 is 27.3 Å². The van der Waals surface area contributed by atoms with E-state index in [0.717, 1.165) is 47.2 Å². The number of aryl methyl sites for hydroxylation is 1. The van der Waals surface area contributed by atoms with E-state index in [1.165, 1.54) is 6.33 Å². The standard InChI is InChI=1S/C24H19BrN4O2S/c1-13-20(14-6-8-16(25)9-7-14)21-22(27-12-28-23(21)32-13)29-19(24(30)31)10-15-11-26-18-5-3-2-4-17(15)18/h2-9,11-12,19,26H,10H2,1H3,(H,30,31)(H,27,28,29). The van der Waals surface area contributed by atoms with Crippen molar-refractivity contribution in [1.82, 2.24) is 15.0 Å². The molecule has 0 aliphatic rings. The Morgan fingerprint density at radius 2 is 1.97 bits per heavy atom. The van der Waals surface area contributed by atoms with Crippen molar-refractivity contribution in [2.75, 3.05) is 5.32 Å². The predicted molar refractivity (Wildman–Crippen MR) is 132 cm³/mol. The third-order valence-corrected chi connectivity index (χ3v) is 7.05. The van der Waals surface area contributed by atoms with Crippen LogP contribution in [0.15, 0.2) is 65.5 Å². The second-order valence-electron chi connectivity index (χ2n) is 7.54. The van der Waals surface area contributed by atoms with Crippen LogP contribution in [0, 0.1) is 6.92 Å². The molecule has 1 unspecified atom stereocenters. The van der Waals surface area contributed by atoms with Crippen molar-refractivity contribution in [3.8, 4) is 11.1 Å². The molecule has 0 spiro atoms. The summed E-state index contributed by atoms with van der Waals surface area (Å²) in [5.74, 6) is -0.399. The molecule has 0 bridgehead atoms. The Kier molecular flexibility index (Phi) is 5.40. The summed E-state index contributed by atoms with van der Waals surface area (Å²) in [6, 6.07) is 15.1. The minimum absolute atomic E-state index is 0.321. The van der Waals surface area contributed by atoms with Crippen molar-refractivity contribution < 1.29 is 9.90 Å². The minimum Gasteiger partial charge on any atom is -0.480 e. The summed E-state index contributed by atoms with van der Waals surface area (Å²) in [4.78, 5) is 26.2. The fraction of sp³-hybridized carbons (Fsp3) is 0.125. The second-order valence-corrected chi connectivity index (χ2v) is 9.66. The maximum Gasteiger partial charge on any atom is 0.326 e. The average molecular weight is 507 g/mol. The first-order valence-corrected chi connectivity index (χ1v) is 11.7. The van der Waals surface area contributed by atoms with Crippen molar-refractivity contribution in [3.05, 3.63) is 76.0 Å². The molecule has 32 heavy (non-hydrogen) atoms. The number of H-pyrrole nitrogens is 1. The Hall–Kier alpha value is -3.23. The number of hydrogen-bond acceptors (Lipinski definition) is 5. The third-order valence-electron chi connectivity index (χ3n) is 5.51. The van der Waals surface area contributed by atoms with Gasteiger partial charge in [-0.15, -0.1) is 11.3 Å². The number of carbonyl (C=O) groups is 1. The molecular formula is C24H19BrN4O2S.